The Morgan fingerprint density at radius 3 is 2.45 bits per heavy atom. The molecule has 0 amide bonds. The number of methoxy groups -OCH3 is 1. The minimum atomic E-state index is 0.763. The van der Waals surface area contributed by atoms with E-state index in [1.165, 1.54) is 45.3 Å². The van der Waals surface area contributed by atoms with Crippen molar-refractivity contribution in [2.24, 2.45) is 5.92 Å². The molecule has 0 saturated carbocycles. The Morgan fingerprint density at radius 2 is 1.82 bits per heavy atom. The summed E-state index contributed by atoms with van der Waals surface area (Å²) >= 11 is 0. The molecule has 1 N–H and O–H groups in total. The van der Waals surface area contributed by atoms with Crippen LogP contribution >= 0.6 is 0 Å². The molecular weight excluding hydrogens is 276 g/mol. The number of hydrogen-bond acceptors (Lipinski definition) is 4. The Labute approximate surface area is 133 Å². The molecule has 22 heavy (non-hydrogen) atoms. The van der Waals surface area contributed by atoms with Crippen LogP contribution in [0.1, 0.15) is 25.7 Å². The Kier molecular flexibility index (Phi) is 5.57. The molecule has 2 saturated heterocycles. The summed E-state index contributed by atoms with van der Waals surface area (Å²) in [7, 11) is 1.68. The van der Waals surface area contributed by atoms with Crippen molar-refractivity contribution in [2.75, 3.05) is 39.9 Å². The number of rotatable bonds is 6. The number of nitrogens with zero attached hydrogens (tertiary/aromatic N) is 1. The Morgan fingerprint density at radius 1 is 1.09 bits per heavy atom. The minimum absolute atomic E-state index is 0.763. The van der Waals surface area contributed by atoms with Crippen molar-refractivity contribution in [3.8, 4) is 11.5 Å². The first-order valence-corrected chi connectivity index (χ1v) is 8.58. The van der Waals surface area contributed by atoms with Gasteiger partial charge in [-0.05, 0) is 75.5 Å². The standard InChI is InChI=1S/C18H28N2O2/c1-21-16-4-6-17(7-5-16)22-14-13-20-11-8-15(9-12-20)18-3-2-10-19-18/h4-7,15,18-19H,2-3,8-14H2,1H3. The van der Waals surface area contributed by atoms with Gasteiger partial charge in [0.1, 0.15) is 18.1 Å². The second-order valence-electron chi connectivity index (χ2n) is 6.41. The molecule has 4 heteroatoms. The maximum atomic E-state index is 5.83. The maximum Gasteiger partial charge on any atom is 0.119 e. The predicted octanol–water partition coefficient (Wildman–Crippen LogP) is 2.54. The number of hydrogen-bond donors (Lipinski definition) is 1. The normalized spacial score (nSPS) is 23.6. The summed E-state index contributed by atoms with van der Waals surface area (Å²) in [6.07, 6.45) is 5.41. The topological polar surface area (TPSA) is 33.7 Å². The maximum absolute atomic E-state index is 5.83. The fraction of sp³-hybridized carbons (Fsp3) is 0.667. The van der Waals surface area contributed by atoms with E-state index < -0.39 is 0 Å². The lowest BCUT2D eigenvalue weighted by molar-refractivity contribution is 0.141. The van der Waals surface area contributed by atoms with Gasteiger partial charge in [0.25, 0.3) is 0 Å². The van der Waals surface area contributed by atoms with Crippen LogP contribution in [0, 0.1) is 5.92 Å². The van der Waals surface area contributed by atoms with Crippen LogP contribution in [-0.2, 0) is 0 Å². The quantitative estimate of drug-likeness (QED) is 0.876. The van der Waals surface area contributed by atoms with E-state index in [-0.39, 0.29) is 0 Å². The first kappa shape index (κ1) is 15.6. The van der Waals surface area contributed by atoms with Gasteiger partial charge in [-0.1, -0.05) is 0 Å². The van der Waals surface area contributed by atoms with Crippen LogP contribution < -0.4 is 14.8 Å². The third-order valence-electron chi connectivity index (χ3n) is 5.04. The lowest BCUT2D eigenvalue weighted by Gasteiger charge is -2.34. The molecule has 1 atom stereocenters. The van der Waals surface area contributed by atoms with E-state index in [2.05, 4.69) is 10.2 Å². The van der Waals surface area contributed by atoms with Gasteiger partial charge in [0.2, 0.25) is 0 Å². The van der Waals surface area contributed by atoms with Gasteiger partial charge in [-0.2, -0.15) is 0 Å². The van der Waals surface area contributed by atoms with E-state index in [1.54, 1.807) is 7.11 Å². The summed E-state index contributed by atoms with van der Waals surface area (Å²) in [5.74, 6) is 2.68. The predicted molar refractivity (Wildman–Crippen MR) is 88.7 cm³/mol. The zero-order chi connectivity index (χ0) is 15.2. The number of piperidine rings is 1. The van der Waals surface area contributed by atoms with Gasteiger partial charge in [-0.15, -0.1) is 0 Å². The lowest BCUT2D eigenvalue weighted by atomic mass is 9.88. The first-order chi connectivity index (χ1) is 10.8. The van der Waals surface area contributed by atoms with Crippen LogP contribution in [0.5, 0.6) is 11.5 Å². The van der Waals surface area contributed by atoms with Gasteiger partial charge in [0, 0.05) is 12.6 Å². The first-order valence-electron chi connectivity index (χ1n) is 8.58. The van der Waals surface area contributed by atoms with Crippen LogP contribution in [0.2, 0.25) is 0 Å². The summed E-state index contributed by atoms with van der Waals surface area (Å²) < 4.78 is 11.0. The summed E-state index contributed by atoms with van der Waals surface area (Å²) in [6, 6.07) is 8.61. The molecule has 2 aliphatic heterocycles. The van der Waals surface area contributed by atoms with E-state index in [9.17, 15) is 0 Å². The molecule has 0 aliphatic carbocycles. The van der Waals surface area contributed by atoms with Crippen molar-refractivity contribution in [2.45, 2.75) is 31.7 Å². The Balaban J connectivity index is 1.34. The SMILES string of the molecule is COc1ccc(OCCN2CCC(C3CCCN3)CC2)cc1. The van der Waals surface area contributed by atoms with Crippen LogP contribution in [0.4, 0.5) is 0 Å². The fourth-order valence-electron chi connectivity index (χ4n) is 3.66. The highest BCUT2D eigenvalue weighted by Gasteiger charge is 2.28. The molecule has 1 unspecified atom stereocenters. The molecule has 0 radical (unpaired) electrons. The minimum Gasteiger partial charge on any atom is -0.497 e. The molecule has 0 spiro atoms. The van der Waals surface area contributed by atoms with Crippen molar-refractivity contribution in [3.63, 3.8) is 0 Å². The second kappa shape index (κ2) is 7.84. The zero-order valence-corrected chi connectivity index (χ0v) is 13.6. The number of nitrogens with one attached hydrogen (secondary N) is 1. The highest BCUT2D eigenvalue weighted by Crippen LogP contribution is 2.25. The molecule has 2 aliphatic rings. The van der Waals surface area contributed by atoms with Gasteiger partial charge in [0.05, 0.1) is 7.11 Å². The molecule has 2 fully saturated rings. The fourth-order valence-corrected chi connectivity index (χ4v) is 3.66. The van der Waals surface area contributed by atoms with E-state index in [0.717, 1.165) is 36.6 Å². The van der Waals surface area contributed by atoms with Crippen LogP contribution in [0.3, 0.4) is 0 Å². The van der Waals surface area contributed by atoms with Crippen molar-refractivity contribution in [1.29, 1.82) is 0 Å². The molecule has 0 bridgehead atoms. The highest BCUT2D eigenvalue weighted by molar-refractivity contribution is 5.31. The van der Waals surface area contributed by atoms with E-state index >= 15 is 0 Å². The summed E-state index contributed by atoms with van der Waals surface area (Å²) in [6.45, 7) is 5.44. The summed E-state index contributed by atoms with van der Waals surface area (Å²) in [5.41, 5.74) is 0. The number of benzene rings is 1. The summed E-state index contributed by atoms with van der Waals surface area (Å²) in [5, 5.41) is 3.66. The van der Waals surface area contributed by atoms with E-state index in [1.807, 2.05) is 24.3 Å². The van der Waals surface area contributed by atoms with Gasteiger partial charge in [-0.25, -0.2) is 0 Å². The average Bonchev–Trinajstić information content (AvgIpc) is 3.11. The Bertz CT molecular complexity index is 435. The van der Waals surface area contributed by atoms with Crippen molar-refractivity contribution < 1.29 is 9.47 Å². The van der Waals surface area contributed by atoms with Crippen molar-refractivity contribution in [1.82, 2.24) is 10.2 Å². The van der Waals surface area contributed by atoms with Gasteiger partial charge < -0.3 is 14.8 Å². The molecule has 0 aromatic heterocycles. The van der Waals surface area contributed by atoms with Crippen LogP contribution in [-0.4, -0.2) is 50.8 Å². The highest BCUT2D eigenvalue weighted by atomic mass is 16.5. The molecule has 1 aromatic rings. The van der Waals surface area contributed by atoms with Gasteiger partial charge in [0.15, 0.2) is 0 Å². The second-order valence-corrected chi connectivity index (χ2v) is 6.41. The summed E-state index contributed by atoms with van der Waals surface area (Å²) in [4.78, 5) is 2.54. The third-order valence-corrected chi connectivity index (χ3v) is 5.04. The molecule has 4 nitrogen and oxygen atoms in total. The van der Waals surface area contributed by atoms with E-state index in [0.29, 0.717) is 0 Å². The van der Waals surface area contributed by atoms with Crippen LogP contribution in [0.25, 0.3) is 0 Å². The molecule has 3 rings (SSSR count). The zero-order valence-electron chi connectivity index (χ0n) is 13.6. The Hall–Kier alpha value is -1.26. The third kappa shape index (κ3) is 4.14. The monoisotopic (exact) mass is 304 g/mol. The molecular formula is C18H28N2O2. The lowest BCUT2D eigenvalue weighted by Crippen LogP contribution is -2.42. The average molecular weight is 304 g/mol. The molecule has 1 aromatic carbocycles. The van der Waals surface area contributed by atoms with E-state index in [4.69, 9.17) is 9.47 Å². The van der Waals surface area contributed by atoms with Crippen LogP contribution in [0.15, 0.2) is 24.3 Å². The van der Waals surface area contributed by atoms with Crippen molar-refractivity contribution >= 4 is 0 Å². The smallest absolute Gasteiger partial charge is 0.119 e. The number of ether oxygens (including phenoxy) is 2. The number of likely N-dealkylation sites (tertiary alicyclic amines) is 1. The van der Waals surface area contributed by atoms with Crippen molar-refractivity contribution in [3.05, 3.63) is 24.3 Å². The largest absolute Gasteiger partial charge is 0.497 e. The van der Waals surface area contributed by atoms with Gasteiger partial charge >= 0.3 is 0 Å². The van der Waals surface area contributed by atoms with Gasteiger partial charge in [-0.3, -0.25) is 4.90 Å². The molecule has 122 valence electrons. The molecule has 2 heterocycles.